The Kier molecular flexibility index (Phi) is 2.08. The minimum Gasteiger partial charge on any atom is -0.368 e. The molecule has 0 spiro atoms. The third-order valence-corrected chi connectivity index (χ3v) is 4.06. The van der Waals surface area contributed by atoms with Crippen LogP contribution in [0.15, 0.2) is 6.20 Å². The molecule has 94 valence electrons. The van der Waals surface area contributed by atoms with Crippen LogP contribution < -0.4 is 11.1 Å². The Morgan fingerprint density at radius 2 is 2.28 bits per heavy atom. The summed E-state index contributed by atoms with van der Waals surface area (Å²) in [7, 11) is 0. The molecular weight excluding hydrogens is 228 g/mol. The Morgan fingerprint density at radius 1 is 1.33 bits per heavy atom. The molecular formula is C12H16N6. The normalized spacial score (nSPS) is 26.5. The topological polar surface area (TPSA) is 81.1 Å². The molecule has 0 radical (unpaired) electrons. The fourth-order valence-corrected chi connectivity index (χ4v) is 3.16. The Bertz CT molecular complexity index is 604. The maximum atomic E-state index is 6.01. The van der Waals surface area contributed by atoms with Crippen LogP contribution in [0.3, 0.4) is 0 Å². The van der Waals surface area contributed by atoms with Crippen molar-refractivity contribution in [3.63, 3.8) is 0 Å². The SMILES string of the molecule is N[C@H]1CC[C@@H](c2nnc3cnc4c(n23)CCN4)C1. The minimum absolute atomic E-state index is 0.315. The van der Waals surface area contributed by atoms with Gasteiger partial charge in [0.05, 0.1) is 11.9 Å². The van der Waals surface area contributed by atoms with Crippen LogP contribution in [0.2, 0.25) is 0 Å². The molecule has 6 heteroatoms. The summed E-state index contributed by atoms with van der Waals surface area (Å²) in [5.74, 6) is 2.49. The summed E-state index contributed by atoms with van der Waals surface area (Å²) in [6.45, 7) is 0.948. The van der Waals surface area contributed by atoms with Crippen LogP contribution in [0.4, 0.5) is 5.82 Å². The van der Waals surface area contributed by atoms with Gasteiger partial charge in [-0.05, 0) is 19.3 Å². The lowest BCUT2D eigenvalue weighted by molar-refractivity contribution is 0.632. The number of nitrogens with two attached hydrogens (primary N) is 1. The highest BCUT2D eigenvalue weighted by Crippen LogP contribution is 2.34. The highest BCUT2D eigenvalue weighted by molar-refractivity contribution is 5.52. The van der Waals surface area contributed by atoms with Crippen LogP contribution >= 0.6 is 0 Å². The van der Waals surface area contributed by atoms with E-state index in [0.717, 1.165) is 49.5 Å². The van der Waals surface area contributed by atoms with Gasteiger partial charge in [-0.15, -0.1) is 10.2 Å². The average Bonchev–Trinajstić information content (AvgIpc) is 3.03. The zero-order chi connectivity index (χ0) is 12.1. The summed E-state index contributed by atoms with van der Waals surface area (Å²) in [6, 6.07) is 0.315. The number of anilines is 1. The average molecular weight is 244 g/mol. The van der Waals surface area contributed by atoms with Gasteiger partial charge in [0.2, 0.25) is 0 Å². The summed E-state index contributed by atoms with van der Waals surface area (Å²) in [6.07, 6.45) is 6.01. The summed E-state index contributed by atoms with van der Waals surface area (Å²) in [5.41, 5.74) is 8.08. The number of hydrogen-bond acceptors (Lipinski definition) is 5. The van der Waals surface area contributed by atoms with Gasteiger partial charge in [-0.2, -0.15) is 0 Å². The second-order valence-electron chi connectivity index (χ2n) is 5.25. The van der Waals surface area contributed by atoms with Gasteiger partial charge in [0.1, 0.15) is 11.6 Å². The van der Waals surface area contributed by atoms with Gasteiger partial charge < -0.3 is 11.1 Å². The number of nitrogens with zero attached hydrogens (tertiary/aromatic N) is 4. The van der Waals surface area contributed by atoms with Crippen LogP contribution in [0.25, 0.3) is 5.65 Å². The number of nitrogens with one attached hydrogen (secondary N) is 1. The molecule has 1 fully saturated rings. The molecule has 3 N–H and O–H groups in total. The molecule has 2 aromatic rings. The fourth-order valence-electron chi connectivity index (χ4n) is 3.16. The van der Waals surface area contributed by atoms with Gasteiger partial charge in [-0.25, -0.2) is 4.98 Å². The quantitative estimate of drug-likeness (QED) is 0.771. The fraction of sp³-hybridized carbons (Fsp3) is 0.583. The maximum Gasteiger partial charge on any atom is 0.179 e. The lowest BCUT2D eigenvalue weighted by Crippen LogP contribution is -2.15. The lowest BCUT2D eigenvalue weighted by Gasteiger charge is -2.10. The van der Waals surface area contributed by atoms with E-state index >= 15 is 0 Å². The number of aromatic nitrogens is 4. The first-order valence-corrected chi connectivity index (χ1v) is 6.55. The lowest BCUT2D eigenvalue weighted by atomic mass is 10.1. The summed E-state index contributed by atoms with van der Waals surface area (Å²) in [5, 5.41) is 11.9. The van der Waals surface area contributed by atoms with Crippen LogP contribution in [0, 0.1) is 0 Å². The van der Waals surface area contributed by atoms with E-state index in [2.05, 4.69) is 24.9 Å². The molecule has 0 bridgehead atoms. The highest BCUT2D eigenvalue weighted by atomic mass is 15.3. The van der Waals surface area contributed by atoms with Gasteiger partial charge in [-0.1, -0.05) is 0 Å². The molecule has 6 nitrogen and oxygen atoms in total. The van der Waals surface area contributed by atoms with Gasteiger partial charge in [0.25, 0.3) is 0 Å². The van der Waals surface area contributed by atoms with Crippen LogP contribution in [-0.4, -0.2) is 32.2 Å². The summed E-state index contributed by atoms with van der Waals surface area (Å²) in [4.78, 5) is 4.38. The molecule has 4 rings (SSSR count). The Hall–Kier alpha value is -1.69. The van der Waals surface area contributed by atoms with Crippen molar-refractivity contribution in [1.82, 2.24) is 19.6 Å². The maximum absolute atomic E-state index is 6.01. The Balaban J connectivity index is 1.88. The van der Waals surface area contributed by atoms with Crippen LogP contribution in [0.5, 0.6) is 0 Å². The predicted octanol–water partition coefficient (Wildman–Crippen LogP) is 0.687. The zero-order valence-corrected chi connectivity index (χ0v) is 10.1. The highest BCUT2D eigenvalue weighted by Gasteiger charge is 2.29. The molecule has 1 aliphatic heterocycles. The van der Waals surface area contributed by atoms with E-state index in [0.29, 0.717) is 12.0 Å². The van der Waals surface area contributed by atoms with Crippen molar-refractivity contribution in [3.8, 4) is 0 Å². The second kappa shape index (κ2) is 3.65. The van der Waals surface area contributed by atoms with Crippen molar-refractivity contribution in [2.45, 2.75) is 37.6 Å². The molecule has 2 aliphatic rings. The third-order valence-electron chi connectivity index (χ3n) is 4.06. The molecule has 18 heavy (non-hydrogen) atoms. The van der Waals surface area contributed by atoms with Gasteiger partial charge >= 0.3 is 0 Å². The smallest absolute Gasteiger partial charge is 0.179 e. The largest absolute Gasteiger partial charge is 0.368 e. The third kappa shape index (κ3) is 1.35. The van der Waals surface area contributed by atoms with E-state index in [9.17, 15) is 0 Å². The molecule has 0 unspecified atom stereocenters. The van der Waals surface area contributed by atoms with Crippen molar-refractivity contribution in [3.05, 3.63) is 17.7 Å². The van der Waals surface area contributed by atoms with Gasteiger partial charge in [-0.3, -0.25) is 4.40 Å². The number of fused-ring (bicyclic) bond motifs is 3. The minimum atomic E-state index is 0.315. The van der Waals surface area contributed by atoms with Crippen molar-refractivity contribution in [2.24, 2.45) is 5.73 Å². The van der Waals surface area contributed by atoms with E-state index in [1.165, 1.54) is 5.69 Å². The zero-order valence-electron chi connectivity index (χ0n) is 10.1. The molecule has 3 heterocycles. The second-order valence-corrected chi connectivity index (χ2v) is 5.25. The van der Waals surface area contributed by atoms with Crippen molar-refractivity contribution in [1.29, 1.82) is 0 Å². The van der Waals surface area contributed by atoms with E-state index < -0.39 is 0 Å². The van der Waals surface area contributed by atoms with E-state index in [1.807, 2.05) is 0 Å². The Morgan fingerprint density at radius 3 is 3.11 bits per heavy atom. The Labute approximate surface area is 105 Å². The summed E-state index contributed by atoms with van der Waals surface area (Å²) >= 11 is 0. The summed E-state index contributed by atoms with van der Waals surface area (Å²) < 4.78 is 2.19. The molecule has 0 saturated heterocycles. The monoisotopic (exact) mass is 244 g/mol. The predicted molar refractivity (Wildman–Crippen MR) is 67.5 cm³/mol. The van der Waals surface area contributed by atoms with Gasteiger partial charge in [0.15, 0.2) is 5.65 Å². The number of rotatable bonds is 1. The van der Waals surface area contributed by atoms with Crippen molar-refractivity contribution in [2.75, 3.05) is 11.9 Å². The molecule has 2 aromatic heterocycles. The van der Waals surface area contributed by atoms with Crippen LogP contribution in [0.1, 0.15) is 36.7 Å². The molecule has 0 aromatic carbocycles. The van der Waals surface area contributed by atoms with E-state index in [4.69, 9.17) is 5.73 Å². The molecule has 1 saturated carbocycles. The molecule has 1 aliphatic carbocycles. The molecule has 2 atom stereocenters. The first-order valence-electron chi connectivity index (χ1n) is 6.55. The van der Waals surface area contributed by atoms with Crippen molar-refractivity contribution < 1.29 is 0 Å². The van der Waals surface area contributed by atoms with E-state index in [1.54, 1.807) is 6.20 Å². The first kappa shape index (κ1) is 10.3. The van der Waals surface area contributed by atoms with Gasteiger partial charge in [0, 0.05) is 24.9 Å². The van der Waals surface area contributed by atoms with E-state index in [-0.39, 0.29) is 0 Å². The number of hydrogen-bond donors (Lipinski definition) is 2. The van der Waals surface area contributed by atoms with Crippen molar-refractivity contribution >= 4 is 11.5 Å². The standard InChI is InChI=1S/C12H16N6/c13-8-2-1-7(5-8)12-17-16-10-6-15-11-9(18(10)12)3-4-14-11/h6-8,14H,1-5,13H2/t7-,8+/m1/s1. The first-order chi connectivity index (χ1) is 8.83. The molecule has 0 amide bonds. The van der Waals surface area contributed by atoms with Crippen LogP contribution in [-0.2, 0) is 6.42 Å².